The van der Waals surface area contributed by atoms with Crippen molar-refractivity contribution in [2.24, 2.45) is 52.3 Å². The van der Waals surface area contributed by atoms with Gasteiger partial charge in [-0.3, -0.25) is 0 Å². The van der Waals surface area contributed by atoms with Crippen LogP contribution < -0.4 is 0 Å². The maximum absolute atomic E-state index is 11.9. The maximum Gasteiger partial charge on any atom is 0.187 e. The second-order valence-electron chi connectivity index (χ2n) is 26.6. The highest BCUT2D eigenvalue weighted by atomic mass is 16.8. The van der Waals surface area contributed by atoms with Crippen molar-refractivity contribution in [3.8, 4) is 0 Å². The van der Waals surface area contributed by atoms with Crippen LogP contribution in [0.15, 0.2) is 0 Å². The SMILES string of the molecule is CC1CC[C@@]2(OC1)O[C@H]1C[C@H]3[C@@H]4CC[C@@H]5C[C@@H](O[C@@H]6OC(CO)[C@@H](O[C@@H]7OC[C@@H](O[C@@H]8OC(C)[C@H](O[C@@H]9OC(C)[C@H](O)C(O)[C@@H]9O)C(O)[C@@H]8O[C@@H]8OC(C)[C@H](O)C(O)[C@@H]8O)[C@H](O)C7O)[C@H](O)C6O)CC[C@]5(C)[C@H]4CC[C@]3(C)[C@H]1[C@@H]2C. The van der Waals surface area contributed by atoms with Crippen molar-refractivity contribution in [3.63, 3.8) is 0 Å². The van der Waals surface area contributed by atoms with Crippen molar-refractivity contribution in [1.82, 2.24) is 0 Å². The Hall–Kier alpha value is -0.960. The van der Waals surface area contributed by atoms with Crippen LogP contribution in [0.3, 0.4) is 0 Å². The third-order valence-electron chi connectivity index (χ3n) is 22.0. The third kappa shape index (κ3) is 10.5. The Morgan fingerprint density at radius 2 is 1.07 bits per heavy atom. The lowest BCUT2D eigenvalue weighted by Gasteiger charge is -2.61. The molecule has 0 radical (unpaired) electrons. The highest BCUT2D eigenvalue weighted by Crippen LogP contribution is 2.71. The lowest BCUT2D eigenvalue weighted by Crippen LogP contribution is -2.67. The van der Waals surface area contributed by atoms with E-state index in [4.69, 9.17) is 56.8 Å². The average molecular weight is 1150 g/mol. The molecule has 0 aromatic heterocycles. The molecule has 7 saturated heterocycles. The molecule has 11 fully saturated rings. The fourth-order valence-electron chi connectivity index (χ4n) is 17.2. The first-order valence-electron chi connectivity index (χ1n) is 29.8. The molecule has 24 nitrogen and oxygen atoms in total. The van der Waals surface area contributed by atoms with Crippen LogP contribution in [0.4, 0.5) is 0 Å². The Morgan fingerprint density at radius 1 is 0.475 bits per heavy atom. The van der Waals surface area contributed by atoms with Crippen molar-refractivity contribution in [2.45, 2.75) is 278 Å². The van der Waals surface area contributed by atoms with Crippen molar-refractivity contribution < 1.29 is 118 Å². The molecule has 24 heteroatoms. The molecule has 460 valence electrons. The lowest BCUT2D eigenvalue weighted by atomic mass is 9.44. The van der Waals surface area contributed by atoms with Crippen LogP contribution in [0.25, 0.3) is 0 Å². The number of hydrogen-bond donors (Lipinski definition) is 12. The minimum atomic E-state index is -1.90. The lowest BCUT2D eigenvalue weighted by molar-refractivity contribution is -0.396. The van der Waals surface area contributed by atoms with E-state index in [2.05, 4.69) is 27.7 Å². The summed E-state index contributed by atoms with van der Waals surface area (Å²) in [6.07, 6.45) is -27.1. The molecule has 0 aromatic carbocycles. The van der Waals surface area contributed by atoms with Crippen molar-refractivity contribution in [1.29, 1.82) is 0 Å². The van der Waals surface area contributed by atoms with E-state index in [1.54, 1.807) is 0 Å². The van der Waals surface area contributed by atoms with Gasteiger partial charge in [-0.25, -0.2) is 0 Å². The Kier molecular flexibility index (Phi) is 17.7. The molecule has 0 amide bonds. The van der Waals surface area contributed by atoms with E-state index in [-0.39, 0.29) is 23.0 Å². The molecule has 0 bridgehead atoms. The molecule has 80 heavy (non-hydrogen) atoms. The van der Waals surface area contributed by atoms with Gasteiger partial charge in [-0.2, -0.15) is 0 Å². The molecular formula is C56H92O24. The second-order valence-corrected chi connectivity index (χ2v) is 26.6. The summed E-state index contributed by atoms with van der Waals surface area (Å²) in [5.74, 6) is 3.21. The van der Waals surface area contributed by atoms with Gasteiger partial charge >= 0.3 is 0 Å². The second kappa shape index (κ2) is 23.3. The van der Waals surface area contributed by atoms with Crippen LogP contribution in [0.2, 0.25) is 0 Å². The van der Waals surface area contributed by atoms with Gasteiger partial charge in [0.05, 0.1) is 50.3 Å². The van der Waals surface area contributed by atoms with E-state index >= 15 is 0 Å². The number of rotatable bonds is 11. The molecule has 1 spiro atoms. The number of aliphatic hydroxyl groups excluding tert-OH is 12. The first-order chi connectivity index (χ1) is 37.9. The maximum atomic E-state index is 11.9. The van der Waals surface area contributed by atoms with Crippen LogP contribution in [-0.4, -0.2) is 247 Å². The highest BCUT2D eigenvalue weighted by molar-refractivity contribution is 5.16. The van der Waals surface area contributed by atoms with E-state index in [9.17, 15) is 61.3 Å². The molecule has 7 heterocycles. The van der Waals surface area contributed by atoms with Gasteiger partial charge in [0, 0.05) is 12.3 Å². The Labute approximate surface area is 467 Å². The molecule has 4 aliphatic carbocycles. The molecular weight excluding hydrogens is 1060 g/mol. The molecule has 36 atom stereocenters. The van der Waals surface area contributed by atoms with Gasteiger partial charge in [-0.1, -0.05) is 27.7 Å². The van der Waals surface area contributed by atoms with Gasteiger partial charge in [0.25, 0.3) is 0 Å². The van der Waals surface area contributed by atoms with Crippen LogP contribution >= 0.6 is 0 Å². The highest BCUT2D eigenvalue weighted by Gasteiger charge is 2.69. The van der Waals surface area contributed by atoms with Crippen LogP contribution in [-0.2, 0) is 56.8 Å². The predicted molar refractivity (Wildman–Crippen MR) is 271 cm³/mol. The first kappa shape index (κ1) is 60.7. The topological polar surface area (TPSA) is 354 Å². The summed E-state index contributed by atoms with van der Waals surface area (Å²) < 4.78 is 73.4. The summed E-state index contributed by atoms with van der Waals surface area (Å²) in [6, 6.07) is 0. The van der Waals surface area contributed by atoms with E-state index in [0.29, 0.717) is 41.4 Å². The zero-order valence-corrected chi connectivity index (χ0v) is 47.0. The van der Waals surface area contributed by atoms with Gasteiger partial charge in [0.2, 0.25) is 0 Å². The van der Waals surface area contributed by atoms with Crippen molar-refractivity contribution in [3.05, 3.63) is 0 Å². The number of aliphatic hydroxyl groups is 12. The summed E-state index contributed by atoms with van der Waals surface area (Å²) in [5.41, 5.74) is 0.339. The molecule has 0 aromatic rings. The molecule has 4 saturated carbocycles. The average Bonchev–Trinajstić information content (AvgIpc) is 3.89. The van der Waals surface area contributed by atoms with Crippen molar-refractivity contribution >= 4 is 0 Å². The number of fused-ring (bicyclic) bond motifs is 7. The zero-order valence-electron chi connectivity index (χ0n) is 47.0. The summed E-state index contributed by atoms with van der Waals surface area (Å²) in [6.45, 7) is 13.6. The van der Waals surface area contributed by atoms with E-state index < -0.39 is 166 Å². The minimum absolute atomic E-state index is 0.122. The van der Waals surface area contributed by atoms with Gasteiger partial charge in [-0.15, -0.1) is 0 Å². The van der Waals surface area contributed by atoms with Gasteiger partial charge < -0.3 is 118 Å². The third-order valence-corrected chi connectivity index (χ3v) is 22.0. The van der Waals surface area contributed by atoms with Gasteiger partial charge in [0.15, 0.2) is 37.2 Å². The predicted octanol–water partition coefficient (Wildman–Crippen LogP) is -1.36. The molecule has 12 N–H and O–H groups in total. The van der Waals surface area contributed by atoms with E-state index in [0.717, 1.165) is 58.0 Å². The first-order valence-corrected chi connectivity index (χ1v) is 29.8. The normalized spacial score (nSPS) is 59.1. The number of hydrogen-bond acceptors (Lipinski definition) is 24. The quantitative estimate of drug-likeness (QED) is 0.106. The monoisotopic (exact) mass is 1150 g/mol. The van der Waals surface area contributed by atoms with Crippen molar-refractivity contribution in [2.75, 3.05) is 19.8 Å². The Bertz CT molecular complexity index is 2090. The standard InChI is InChI=1S/C56H92O24/c1-21-10-15-56(70-19-21)22(2)34-31(80-56)17-30-28-9-8-26-16-27(11-13-54(26,6)29(28)12-14-55(30,34)7)74-52-44(67)40(63)47(32(18-57)75-52)78-49-41(64)37(60)33(20-69-49)76-53-48(79-51-43(66)39(62)36(59)24(4)72-51)45(68)46(25(5)73-53)77-50-42(65)38(61)35(58)23(3)71-50/h21-53,57-68H,8-20H2,1-7H3/t21?,22-,23?,24?,25?,26+,27-,28+,29-,30-,31-,32?,33+,34-,35-,36-,37-,38?,39?,40+,41?,42-,43-,44?,45?,46-,47+,48-,49-,50-,51-,52+,53-,54-,55-,56+/m0/s1. The molecule has 11 rings (SSSR count). The fourth-order valence-corrected chi connectivity index (χ4v) is 17.2. The van der Waals surface area contributed by atoms with Crippen LogP contribution in [0.1, 0.15) is 113 Å². The fraction of sp³-hybridized carbons (Fsp3) is 1.00. The van der Waals surface area contributed by atoms with E-state index in [1.165, 1.54) is 33.6 Å². The van der Waals surface area contributed by atoms with Gasteiger partial charge in [0.1, 0.15) is 97.7 Å². The summed E-state index contributed by atoms with van der Waals surface area (Å²) >= 11 is 0. The van der Waals surface area contributed by atoms with E-state index in [1.807, 2.05) is 0 Å². The van der Waals surface area contributed by atoms with Crippen LogP contribution in [0, 0.1) is 52.3 Å². The minimum Gasteiger partial charge on any atom is -0.394 e. The molecule has 10 unspecified atom stereocenters. The largest absolute Gasteiger partial charge is 0.394 e. The van der Waals surface area contributed by atoms with Crippen LogP contribution in [0.5, 0.6) is 0 Å². The number of ether oxygens (including phenoxy) is 12. The summed E-state index contributed by atoms with van der Waals surface area (Å²) in [4.78, 5) is 0. The summed E-state index contributed by atoms with van der Waals surface area (Å²) in [5, 5.41) is 132. The zero-order chi connectivity index (χ0) is 57.2. The smallest absolute Gasteiger partial charge is 0.187 e. The Balaban J connectivity index is 0.696. The molecule has 7 aliphatic heterocycles. The molecule has 11 aliphatic rings. The Morgan fingerprint density at radius 3 is 1.73 bits per heavy atom. The summed E-state index contributed by atoms with van der Waals surface area (Å²) in [7, 11) is 0. The van der Waals surface area contributed by atoms with Gasteiger partial charge in [-0.05, 0) is 125 Å².